The molecule has 578 valence electrons. The number of unbranched alkanes of at least 4 members (excludes halogenated alkanes) is 32. The number of phosphoric ester groups is 2. The molecular formula is C81H142O17P2. The molecule has 0 rings (SSSR count). The van der Waals surface area contributed by atoms with Gasteiger partial charge < -0.3 is 33.8 Å². The predicted molar refractivity (Wildman–Crippen MR) is 409 cm³/mol. The maximum absolute atomic E-state index is 13.1. The van der Waals surface area contributed by atoms with Crippen LogP contribution in [0.1, 0.15) is 336 Å². The normalized spacial score (nSPS) is 14.4. The highest BCUT2D eigenvalue weighted by Gasteiger charge is 2.30. The van der Waals surface area contributed by atoms with Gasteiger partial charge >= 0.3 is 39.5 Å². The average molecular weight is 1450 g/mol. The number of carbonyl (C=O) groups excluding carboxylic acids is 4. The second-order valence-electron chi connectivity index (χ2n) is 26.3. The molecule has 5 unspecified atom stereocenters. The van der Waals surface area contributed by atoms with E-state index in [1.165, 1.54) is 103 Å². The van der Waals surface area contributed by atoms with Crippen LogP contribution in [0.5, 0.6) is 0 Å². The van der Waals surface area contributed by atoms with E-state index >= 15 is 0 Å². The maximum Gasteiger partial charge on any atom is 0.472 e. The van der Waals surface area contributed by atoms with Gasteiger partial charge in [0.15, 0.2) is 12.2 Å². The summed E-state index contributed by atoms with van der Waals surface area (Å²) in [4.78, 5) is 72.9. The smallest absolute Gasteiger partial charge is 0.462 e. The average Bonchev–Trinajstić information content (AvgIpc) is 0.953. The molecule has 0 aliphatic carbocycles. The lowest BCUT2D eigenvalue weighted by Crippen LogP contribution is -2.30. The van der Waals surface area contributed by atoms with E-state index < -0.39 is 97.5 Å². The van der Waals surface area contributed by atoms with Crippen molar-refractivity contribution in [3.8, 4) is 0 Å². The first-order valence-electron chi connectivity index (χ1n) is 39.5. The Hall–Kier alpha value is -4.02. The summed E-state index contributed by atoms with van der Waals surface area (Å²) in [7, 11) is -9.96. The van der Waals surface area contributed by atoms with Gasteiger partial charge in [0, 0.05) is 25.7 Å². The highest BCUT2D eigenvalue weighted by Crippen LogP contribution is 2.45. The summed E-state index contributed by atoms with van der Waals surface area (Å²) < 4.78 is 68.5. The van der Waals surface area contributed by atoms with Crippen molar-refractivity contribution in [3.05, 3.63) is 97.2 Å². The van der Waals surface area contributed by atoms with Crippen LogP contribution in [0.15, 0.2) is 97.2 Å². The second kappa shape index (κ2) is 73.3. The summed E-state index contributed by atoms with van der Waals surface area (Å²) in [5.74, 6) is -2.22. The van der Waals surface area contributed by atoms with Crippen molar-refractivity contribution >= 4 is 39.5 Å². The van der Waals surface area contributed by atoms with E-state index in [1.807, 2.05) is 0 Å². The number of esters is 4. The van der Waals surface area contributed by atoms with Gasteiger partial charge in [-0.15, -0.1) is 0 Å². The van der Waals surface area contributed by atoms with E-state index in [0.29, 0.717) is 25.7 Å². The largest absolute Gasteiger partial charge is 0.472 e. The standard InChI is InChI=1S/C81H142O17P2/c1-5-9-13-17-21-25-29-32-35-36-37-38-41-43-47-50-54-58-62-66-79(84)91-71-76(97-80(85)67-63-59-55-51-45-28-24-20-16-12-8-4)73-95-99(87,88)93-69-75(82)70-94-100(89,90)96-74-77(98-81(86)68-64-60-56-52-48-44-40-34-31-27-23-19-15-11-7-3)72-92-78(83)65-61-57-53-49-46-42-39-33-30-26-22-18-14-10-6-2/h9-10,13-14,21-22,25-26,32-33,35,37-39,46,49,75-77,82H,5-8,11-12,15-20,23-24,27-31,34,36,40-45,47-48,50-74H2,1-4H3,(H,87,88)(H,89,90)/b13-9-,14-10-,25-21-,26-22-,35-32-,38-37-,39-33-,49-46-. The topological polar surface area (TPSA) is 237 Å². The monoisotopic (exact) mass is 1450 g/mol. The fourth-order valence-corrected chi connectivity index (χ4v) is 12.2. The fraction of sp³-hybridized carbons (Fsp3) is 0.753. The van der Waals surface area contributed by atoms with E-state index in [1.54, 1.807) is 0 Å². The van der Waals surface area contributed by atoms with Crippen molar-refractivity contribution in [1.82, 2.24) is 0 Å². The zero-order chi connectivity index (χ0) is 73.2. The number of ether oxygens (including phenoxy) is 4. The summed E-state index contributed by atoms with van der Waals surface area (Å²) in [6.07, 6.45) is 76.8. The number of hydrogen-bond donors (Lipinski definition) is 3. The van der Waals surface area contributed by atoms with Crippen LogP contribution < -0.4 is 0 Å². The summed E-state index contributed by atoms with van der Waals surface area (Å²) in [5, 5.41) is 10.6. The lowest BCUT2D eigenvalue weighted by molar-refractivity contribution is -0.161. The zero-order valence-corrected chi connectivity index (χ0v) is 64.9. The molecule has 0 radical (unpaired) electrons. The van der Waals surface area contributed by atoms with Gasteiger partial charge in [-0.25, -0.2) is 9.13 Å². The molecule has 5 atom stereocenters. The van der Waals surface area contributed by atoms with Crippen molar-refractivity contribution in [1.29, 1.82) is 0 Å². The van der Waals surface area contributed by atoms with E-state index in [2.05, 4.69) is 125 Å². The third-order valence-corrected chi connectivity index (χ3v) is 18.5. The summed E-state index contributed by atoms with van der Waals surface area (Å²) in [6, 6.07) is 0. The van der Waals surface area contributed by atoms with Gasteiger partial charge in [0.05, 0.1) is 26.4 Å². The van der Waals surface area contributed by atoms with Crippen LogP contribution >= 0.6 is 15.6 Å². The molecule has 0 heterocycles. The lowest BCUT2D eigenvalue weighted by Gasteiger charge is -2.21. The number of allylic oxidation sites excluding steroid dienone is 16. The zero-order valence-electron chi connectivity index (χ0n) is 63.1. The Morgan fingerprint density at radius 3 is 0.820 bits per heavy atom. The quantitative estimate of drug-likeness (QED) is 0.0169. The fourth-order valence-electron chi connectivity index (χ4n) is 10.6. The summed E-state index contributed by atoms with van der Waals surface area (Å²) in [5.41, 5.74) is 0. The molecule has 0 saturated heterocycles. The van der Waals surface area contributed by atoms with Crippen LogP contribution in [0.3, 0.4) is 0 Å². The first-order chi connectivity index (χ1) is 48.7. The Bertz CT molecular complexity index is 2270. The molecule has 0 fully saturated rings. The summed E-state index contributed by atoms with van der Waals surface area (Å²) >= 11 is 0. The molecule has 19 heteroatoms. The number of aliphatic hydroxyl groups excluding tert-OH is 1. The third-order valence-electron chi connectivity index (χ3n) is 16.6. The molecule has 0 aliphatic rings. The number of phosphoric acid groups is 2. The first kappa shape index (κ1) is 96.0. The molecule has 0 aromatic heterocycles. The van der Waals surface area contributed by atoms with Gasteiger partial charge in [-0.05, 0) is 103 Å². The van der Waals surface area contributed by atoms with Crippen LogP contribution in [0.4, 0.5) is 0 Å². The Morgan fingerprint density at radius 2 is 0.520 bits per heavy atom. The van der Waals surface area contributed by atoms with E-state index in [9.17, 15) is 43.2 Å². The Labute approximate surface area is 607 Å². The number of rotatable bonds is 74. The molecule has 100 heavy (non-hydrogen) atoms. The molecule has 0 aromatic carbocycles. The van der Waals surface area contributed by atoms with Crippen LogP contribution in [-0.4, -0.2) is 96.7 Å². The molecule has 17 nitrogen and oxygen atoms in total. The lowest BCUT2D eigenvalue weighted by atomic mass is 10.0. The van der Waals surface area contributed by atoms with E-state index in [4.69, 9.17) is 37.0 Å². The minimum absolute atomic E-state index is 0.0898. The number of hydrogen-bond acceptors (Lipinski definition) is 15. The molecular weight excluding hydrogens is 1310 g/mol. The van der Waals surface area contributed by atoms with Crippen LogP contribution in [0, 0.1) is 0 Å². The van der Waals surface area contributed by atoms with Gasteiger partial charge in [-0.3, -0.25) is 37.3 Å². The van der Waals surface area contributed by atoms with Gasteiger partial charge in [0.2, 0.25) is 0 Å². The minimum Gasteiger partial charge on any atom is -0.462 e. The molecule has 0 bridgehead atoms. The maximum atomic E-state index is 13.1. The van der Waals surface area contributed by atoms with Crippen molar-refractivity contribution in [2.75, 3.05) is 39.6 Å². The highest BCUT2D eigenvalue weighted by atomic mass is 31.2. The minimum atomic E-state index is -4.98. The molecule has 3 N–H and O–H groups in total. The molecule has 0 aromatic rings. The number of aliphatic hydroxyl groups is 1. The van der Waals surface area contributed by atoms with Crippen molar-refractivity contribution in [2.24, 2.45) is 0 Å². The van der Waals surface area contributed by atoms with Gasteiger partial charge in [0.1, 0.15) is 19.3 Å². The van der Waals surface area contributed by atoms with Gasteiger partial charge in [-0.1, -0.05) is 305 Å². The first-order valence-corrected chi connectivity index (χ1v) is 42.5. The van der Waals surface area contributed by atoms with Crippen LogP contribution in [0.25, 0.3) is 0 Å². The van der Waals surface area contributed by atoms with E-state index in [-0.39, 0.29) is 25.7 Å². The second-order valence-corrected chi connectivity index (χ2v) is 29.2. The highest BCUT2D eigenvalue weighted by molar-refractivity contribution is 7.47. The SMILES string of the molecule is CC/C=C\C/C=C\C/C=C\C/C=C\CCCCCCCCC(=O)OCC(COP(=O)(O)OCC(O)COP(=O)(O)OCC(COC(=O)CCCC/C=C\C/C=C\C/C=C\C/C=C\CC)OC(=O)CCCCCCCCCCCCCCCCC)OC(=O)CCCCCCCCCCCCC. The van der Waals surface area contributed by atoms with Gasteiger partial charge in [-0.2, -0.15) is 0 Å². The predicted octanol–water partition coefficient (Wildman–Crippen LogP) is 22.8. The molecule has 0 spiro atoms. The molecule has 0 saturated carbocycles. The van der Waals surface area contributed by atoms with E-state index in [0.717, 1.165) is 154 Å². The third kappa shape index (κ3) is 72.3. The summed E-state index contributed by atoms with van der Waals surface area (Å²) in [6.45, 7) is 4.62. The Balaban J connectivity index is 5.33. The Morgan fingerprint density at radius 1 is 0.290 bits per heavy atom. The number of carbonyl (C=O) groups is 4. The molecule has 0 amide bonds. The van der Waals surface area contributed by atoms with Gasteiger partial charge in [0.25, 0.3) is 0 Å². The Kier molecular flexibility index (Phi) is 70.4. The van der Waals surface area contributed by atoms with Crippen LogP contribution in [0.2, 0.25) is 0 Å². The van der Waals surface area contributed by atoms with Crippen molar-refractivity contribution in [3.63, 3.8) is 0 Å². The van der Waals surface area contributed by atoms with Crippen LogP contribution in [-0.2, 0) is 65.4 Å². The van der Waals surface area contributed by atoms with Crippen molar-refractivity contribution in [2.45, 2.75) is 354 Å². The molecule has 0 aliphatic heterocycles. The van der Waals surface area contributed by atoms with Crippen molar-refractivity contribution < 1.29 is 80.2 Å².